The summed E-state index contributed by atoms with van der Waals surface area (Å²) in [7, 11) is 0. The molecule has 0 aromatic carbocycles. The zero-order valence-corrected chi connectivity index (χ0v) is 14.4. The summed E-state index contributed by atoms with van der Waals surface area (Å²) in [5, 5.41) is 0. The minimum absolute atomic E-state index is 0.507. The molecule has 0 bridgehead atoms. The van der Waals surface area contributed by atoms with Gasteiger partial charge in [0.15, 0.2) is 0 Å². The van der Waals surface area contributed by atoms with Crippen LogP contribution < -0.4 is 0 Å². The summed E-state index contributed by atoms with van der Waals surface area (Å²) in [6, 6.07) is 0. The smallest absolute Gasteiger partial charge is 0.0631 e. The summed E-state index contributed by atoms with van der Waals surface area (Å²) in [5.74, 6) is 3.78. The third-order valence-corrected chi connectivity index (χ3v) is 8.63. The van der Waals surface area contributed by atoms with E-state index >= 15 is 0 Å². The minimum Gasteiger partial charge on any atom is -0.377 e. The fourth-order valence-corrected chi connectivity index (χ4v) is 7.37. The second-order valence-corrected chi connectivity index (χ2v) is 9.18. The van der Waals surface area contributed by atoms with E-state index in [1.54, 1.807) is 0 Å². The molecule has 4 rings (SSSR count). The van der Waals surface area contributed by atoms with Crippen molar-refractivity contribution >= 4 is 0 Å². The summed E-state index contributed by atoms with van der Waals surface area (Å²) in [6.07, 6.45) is 13.5. The molecule has 3 aliphatic carbocycles. The van der Waals surface area contributed by atoms with E-state index in [9.17, 15) is 0 Å². The topological polar surface area (TPSA) is 9.23 Å². The van der Waals surface area contributed by atoms with Gasteiger partial charge in [-0.05, 0) is 73.0 Å². The van der Waals surface area contributed by atoms with Gasteiger partial charge in [0, 0.05) is 0 Å². The molecule has 0 aromatic rings. The molecular weight excluding hydrogens is 256 g/mol. The summed E-state index contributed by atoms with van der Waals surface area (Å²) in [4.78, 5) is 0. The maximum Gasteiger partial charge on any atom is 0.0631 e. The van der Waals surface area contributed by atoms with Gasteiger partial charge in [-0.25, -0.2) is 0 Å². The Morgan fingerprint density at radius 3 is 2.52 bits per heavy atom. The van der Waals surface area contributed by atoms with Gasteiger partial charge < -0.3 is 4.74 Å². The lowest BCUT2D eigenvalue weighted by atomic mass is 9.49. The Morgan fingerprint density at radius 2 is 1.71 bits per heavy atom. The highest BCUT2D eigenvalue weighted by Gasteiger charge is 2.59. The average Bonchev–Trinajstić information content (AvgIpc) is 2.83. The van der Waals surface area contributed by atoms with Crippen LogP contribution in [-0.4, -0.2) is 12.7 Å². The second kappa shape index (κ2) is 4.98. The van der Waals surface area contributed by atoms with E-state index in [1.165, 1.54) is 57.8 Å². The van der Waals surface area contributed by atoms with Crippen molar-refractivity contribution in [2.24, 2.45) is 34.5 Å². The number of hydrogen-bond acceptors (Lipinski definition) is 1. The predicted octanol–water partition coefficient (Wildman–Crippen LogP) is 5.43. The first-order chi connectivity index (χ1) is 10.1. The van der Waals surface area contributed by atoms with Gasteiger partial charge in [-0.2, -0.15) is 0 Å². The molecule has 120 valence electrons. The van der Waals surface area contributed by atoms with Crippen molar-refractivity contribution in [2.45, 2.75) is 84.7 Å². The van der Waals surface area contributed by atoms with Gasteiger partial charge >= 0.3 is 0 Å². The predicted molar refractivity (Wildman–Crippen MR) is 87.1 cm³/mol. The molecule has 4 fully saturated rings. The van der Waals surface area contributed by atoms with Crippen molar-refractivity contribution in [1.82, 2.24) is 0 Å². The van der Waals surface area contributed by atoms with Crippen molar-refractivity contribution in [2.75, 3.05) is 6.61 Å². The fraction of sp³-hybridized carbons (Fsp3) is 1.00. The van der Waals surface area contributed by atoms with Gasteiger partial charge in [0.25, 0.3) is 0 Å². The van der Waals surface area contributed by atoms with E-state index < -0.39 is 0 Å². The van der Waals surface area contributed by atoms with Crippen LogP contribution in [0.1, 0.15) is 78.6 Å². The van der Waals surface area contributed by atoms with Crippen molar-refractivity contribution in [1.29, 1.82) is 0 Å². The average molecular weight is 290 g/mol. The molecule has 0 N–H and O–H groups in total. The lowest BCUT2D eigenvalue weighted by molar-refractivity contribution is -0.199. The van der Waals surface area contributed by atoms with Crippen LogP contribution in [0.2, 0.25) is 0 Å². The van der Waals surface area contributed by atoms with Crippen LogP contribution in [0.5, 0.6) is 0 Å². The minimum atomic E-state index is 0.507. The molecule has 0 spiro atoms. The Morgan fingerprint density at radius 1 is 0.905 bits per heavy atom. The van der Waals surface area contributed by atoms with Crippen LogP contribution >= 0.6 is 0 Å². The van der Waals surface area contributed by atoms with Crippen molar-refractivity contribution in [3.8, 4) is 0 Å². The van der Waals surface area contributed by atoms with E-state index in [-0.39, 0.29) is 0 Å². The third-order valence-electron chi connectivity index (χ3n) is 8.63. The van der Waals surface area contributed by atoms with Crippen LogP contribution in [0, 0.1) is 34.5 Å². The first-order valence-electron chi connectivity index (χ1n) is 9.71. The summed E-state index contributed by atoms with van der Waals surface area (Å²) < 4.78 is 6.48. The van der Waals surface area contributed by atoms with Crippen LogP contribution in [-0.2, 0) is 4.74 Å². The molecule has 1 nitrogen and oxygen atoms in total. The quantitative estimate of drug-likeness (QED) is 0.625. The van der Waals surface area contributed by atoms with Crippen molar-refractivity contribution in [3.05, 3.63) is 0 Å². The maximum atomic E-state index is 6.48. The van der Waals surface area contributed by atoms with Gasteiger partial charge in [0.2, 0.25) is 0 Å². The first-order valence-corrected chi connectivity index (χ1v) is 9.71. The second-order valence-electron chi connectivity index (χ2n) is 9.18. The Hall–Kier alpha value is -0.0400. The molecule has 1 saturated heterocycles. The lowest BCUT2D eigenvalue weighted by Gasteiger charge is -2.60. The van der Waals surface area contributed by atoms with Gasteiger partial charge in [0.05, 0.1) is 12.7 Å². The molecule has 21 heavy (non-hydrogen) atoms. The molecule has 1 heteroatoms. The molecule has 7 atom stereocenters. The van der Waals surface area contributed by atoms with Crippen LogP contribution in [0.3, 0.4) is 0 Å². The van der Waals surface area contributed by atoms with Gasteiger partial charge in [-0.15, -0.1) is 0 Å². The Kier molecular flexibility index (Phi) is 3.45. The van der Waals surface area contributed by atoms with E-state index in [1.807, 2.05) is 0 Å². The first kappa shape index (κ1) is 14.5. The highest BCUT2D eigenvalue weighted by atomic mass is 16.5. The lowest BCUT2D eigenvalue weighted by Crippen LogP contribution is -2.57. The third kappa shape index (κ3) is 1.92. The Labute approximate surface area is 131 Å². The molecule has 1 aliphatic heterocycles. The highest BCUT2D eigenvalue weighted by molar-refractivity contribution is 5.08. The van der Waals surface area contributed by atoms with Crippen molar-refractivity contribution < 1.29 is 4.74 Å². The summed E-state index contributed by atoms with van der Waals surface area (Å²) in [6.45, 7) is 8.72. The highest BCUT2D eigenvalue weighted by Crippen LogP contribution is 2.65. The van der Waals surface area contributed by atoms with Gasteiger partial charge in [0.1, 0.15) is 0 Å². The molecule has 0 amide bonds. The number of fused-ring (bicyclic) bond motifs is 5. The number of rotatable bonds is 1. The van der Waals surface area contributed by atoms with Crippen molar-refractivity contribution in [3.63, 3.8) is 0 Å². The molecule has 0 radical (unpaired) electrons. The molecule has 1 unspecified atom stereocenters. The van der Waals surface area contributed by atoms with E-state index in [0.717, 1.165) is 30.3 Å². The fourth-order valence-electron chi connectivity index (χ4n) is 7.37. The SMILES string of the molecule is CC[C@H]1CC[C@H]2[C@@H]3COC4CCCC[C@]4(C)[C@H]3CC[C@]12C. The molecule has 4 aliphatic rings. The Balaban J connectivity index is 1.62. The van der Waals surface area contributed by atoms with Gasteiger partial charge in [-0.3, -0.25) is 0 Å². The van der Waals surface area contributed by atoms with E-state index in [0.29, 0.717) is 16.9 Å². The summed E-state index contributed by atoms with van der Waals surface area (Å²) in [5.41, 5.74) is 1.14. The number of hydrogen-bond donors (Lipinski definition) is 0. The van der Waals surface area contributed by atoms with E-state index in [4.69, 9.17) is 4.74 Å². The van der Waals surface area contributed by atoms with E-state index in [2.05, 4.69) is 20.8 Å². The van der Waals surface area contributed by atoms with Gasteiger partial charge in [-0.1, -0.05) is 40.0 Å². The standard InChI is InChI=1S/C20H34O/c1-4-14-8-9-16-15-13-21-18-7-5-6-11-20(18,3)17(15)10-12-19(14,16)2/h14-18H,4-13H2,1-3H3/t14-,15-,16-,17-,18?,19+,20+/m0/s1. The normalized spacial score (nSPS) is 56.4. The molecular formula is C20H34O. The summed E-state index contributed by atoms with van der Waals surface area (Å²) >= 11 is 0. The van der Waals surface area contributed by atoms with Crippen LogP contribution in [0.4, 0.5) is 0 Å². The zero-order chi connectivity index (χ0) is 14.7. The monoisotopic (exact) mass is 290 g/mol. The molecule has 1 heterocycles. The zero-order valence-electron chi connectivity index (χ0n) is 14.4. The van der Waals surface area contributed by atoms with Crippen LogP contribution in [0.15, 0.2) is 0 Å². The Bertz CT molecular complexity index is 405. The number of ether oxygens (including phenoxy) is 1. The molecule has 3 saturated carbocycles. The molecule has 0 aromatic heterocycles. The maximum absolute atomic E-state index is 6.48. The largest absolute Gasteiger partial charge is 0.377 e. The van der Waals surface area contributed by atoms with Crippen LogP contribution in [0.25, 0.3) is 0 Å².